The first kappa shape index (κ1) is 32.4. The maximum atomic E-state index is 14.3. The predicted molar refractivity (Wildman–Crippen MR) is 139 cm³/mol. The van der Waals surface area contributed by atoms with Crippen LogP contribution in [0.15, 0.2) is 10.5 Å². The van der Waals surface area contributed by atoms with Crippen molar-refractivity contribution in [1.82, 2.24) is 0 Å². The van der Waals surface area contributed by atoms with Crippen LogP contribution >= 0.6 is 27.0 Å². The van der Waals surface area contributed by atoms with E-state index in [1.54, 1.807) is 47.6 Å². The van der Waals surface area contributed by atoms with Gasteiger partial charge in [0, 0.05) is 5.56 Å². The molecule has 0 saturated carbocycles. The molecule has 35 heavy (non-hydrogen) atoms. The van der Waals surface area contributed by atoms with E-state index < -0.39 is 25.6 Å². The van der Waals surface area contributed by atoms with Crippen molar-refractivity contribution in [3.8, 4) is 0 Å². The molecule has 1 heterocycles. The first-order valence-corrected chi connectivity index (χ1v) is 16.5. The molecule has 0 aliphatic carbocycles. The molecule has 1 atom stereocenters. The van der Waals surface area contributed by atoms with Crippen LogP contribution in [-0.4, -0.2) is 44.8 Å². The third-order valence-electron chi connectivity index (χ3n) is 4.99. The quantitative estimate of drug-likeness (QED) is 0.0980. The van der Waals surface area contributed by atoms with E-state index in [2.05, 4.69) is 0 Å². The van der Waals surface area contributed by atoms with Crippen LogP contribution in [0.2, 0.25) is 0 Å². The molecule has 0 aliphatic rings. The molecule has 9 nitrogen and oxygen atoms in total. The van der Waals surface area contributed by atoms with Crippen molar-refractivity contribution < 1.29 is 41.2 Å². The molecule has 0 fully saturated rings. The number of thioether (sulfide) groups is 1. The largest absolute Gasteiger partial charge is 0.466 e. The lowest BCUT2D eigenvalue weighted by atomic mass is 10.2. The maximum Gasteiger partial charge on any atom is 0.354 e. The van der Waals surface area contributed by atoms with E-state index in [0.717, 1.165) is 12.8 Å². The van der Waals surface area contributed by atoms with Gasteiger partial charge < -0.3 is 27.2 Å². The number of hydrogen-bond donors (Lipinski definition) is 0. The second-order valence-corrected chi connectivity index (χ2v) is 13.6. The van der Waals surface area contributed by atoms with E-state index in [1.807, 2.05) is 6.92 Å². The van der Waals surface area contributed by atoms with Gasteiger partial charge in [-0.15, -0.1) is 11.8 Å². The van der Waals surface area contributed by atoms with Gasteiger partial charge in [-0.1, -0.05) is 13.3 Å². The molecule has 1 aromatic heterocycles. The third kappa shape index (κ3) is 8.74. The van der Waals surface area contributed by atoms with Crippen LogP contribution < -0.4 is 0 Å². The van der Waals surface area contributed by atoms with Gasteiger partial charge in [-0.2, -0.15) is 0 Å². The molecule has 1 unspecified atom stereocenters. The Morgan fingerprint density at radius 2 is 1.51 bits per heavy atom. The summed E-state index contributed by atoms with van der Waals surface area (Å²) in [5, 5.41) is 0. The Morgan fingerprint density at radius 1 is 0.943 bits per heavy atom. The van der Waals surface area contributed by atoms with Crippen LogP contribution in [0.1, 0.15) is 77.9 Å². The molecular formula is C23H42O9P2S. The molecule has 1 rings (SSSR count). The fourth-order valence-corrected chi connectivity index (χ4v) is 9.60. The highest BCUT2D eigenvalue weighted by Crippen LogP contribution is 2.72. The van der Waals surface area contributed by atoms with Crippen molar-refractivity contribution in [1.29, 1.82) is 0 Å². The summed E-state index contributed by atoms with van der Waals surface area (Å²) in [6.45, 7) is 13.3. The first-order valence-electron chi connectivity index (χ1n) is 12.3. The number of rotatable bonds is 19. The van der Waals surface area contributed by atoms with Crippen molar-refractivity contribution in [2.24, 2.45) is 0 Å². The van der Waals surface area contributed by atoms with E-state index in [1.165, 1.54) is 11.8 Å². The van der Waals surface area contributed by atoms with Crippen LogP contribution in [0.3, 0.4) is 0 Å². The molecule has 0 saturated heterocycles. The molecule has 1 aromatic rings. The average molecular weight is 557 g/mol. The summed E-state index contributed by atoms with van der Waals surface area (Å²) in [7, 11) is -7.37. The van der Waals surface area contributed by atoms with E-state index in [-0.39, 0.29) is 51.4 Å². The molecule has 0 amide bonds. The van der Waals surface area contributed by atoms with Crippen molar-refractivity contribution in [2.75, 3.05) is 38.8 Å². The minimum atomic E-state index is -3.95. The second-order valence-electron chi connectivity index (χ2n) is 7.60. The van der Waals surface area contributed by atoms with E-state index >= 15 is 0 Å². The number of unbranched alkanes of at least 4 members (excludes halogenated alkanes) is 1. The van der Waals surface area contributed by atoms with Crippen molar-refractivity contribution in [2.45, 2.75) is 78.4 Å². The number of carbonyl (C=O) groups excluding carboxylic acids is 1. The van der Waals surface area contributed by atoms with Crippen LogP contribution in [0, 0.1) is 6.92 Å². The number of esters is 1. The van der Waals surface area contributed by atoms with Gasteiger partial charge in [0.15, 0.2) is 4.49 Å². The number of ether oxygens (including phenoxy) is 1. The summed E-state index contributed by atoms with van der Waals surface area (Å²) >= 11 is 1.31. The average Bonchev–Trinajstić information content (AvgIpc) is 3.14. The minimum absolute atomic E-state index is 0.0211. The molecule has 0 radical (unpaired) electrons. The van der Waals surface area contributed by atoms with E-state index in [9.17, 15) is 13.9 Å². The fraction of sp³-hybridized carbons (Fsp3) is 0.783. The van der Waals surface area contributed by atoms with Gasteiger partial charge in [0.25, 0.3) is 0 Å². The Kier molecular flexibility index (Phi) is 14.5. The topological polar surface area (TPSA) is 111 Å². The molecule has 0 spiro atoms. The smallest absolute Gasteiger partial charge is 0.354 e. The van der Waals surface area contributed by atoms with Gasteiger partial charge in [0.1, 0.15) is 11.5 Å². The predicted octanol–water partition coefficient (Wildman–Crippen LogP) is 7.26. The number of hydrogen-bond acceptors (Lipinski definition) is 10. The first-order chi connectivity index (χ1) is 16.6. The molecule has 204 valence electrons. The van der Waals surface area contributed by atoms with Crippen molar-refractivity contribution >= 4 is 32.9 Å². The van der Waals surface area contributed by atoms with E-state index in [0.29, 0.717) is 17.1 Å². The van der Waals surface area contributed by atoms with Gasteiger partial charge in [0.2, 0.25) is 0 Å². The summed E-state index contributed by atoms with van der Waals surface area (Å²) in [5.41, 5.74) is 0.578. The number of aryl methyl sites for hydroxylation is 1. The third-order valence-corrected chi connectivity index (χ3v) is 11.9. The van der Waals surface area contributed by atoms with Crippen LogP contribution in [0.25, 0.3) is 0 Å². The maximum absolute atomic E-state index is 14.3. The monoisotopic (exact) mass is 556 g/mol. The normalized spacial score (nSPS) is 14.1. The lowest BCUT2D eigenvalue weighted by Gasteiger charge is -2.36. The highest BCUT2D eigenvalue weighted by Gasteiger charge is 2.57. The highest BCUT2D eigenvalue weighted by molar-refractivity contribution is 8.05. The summed E-state index contributed by atoms with van der Waals surface area (Å²) in [5.74, 6) is 0.763. The fourth-order valence-electron chi connectivity index (χ4n) is 3.50. The Labute approximate surface area is 214 Å². The Morgan fingerprint density at radius 3 is 2.00 bits per heavy atom. The summed E-state index contributed by atoms with van der Waals surface area (Å²) < 4.78 is 59.9. The molecule has 0 aliphatic heterocycles. The van der Waals surface area contributed by atoms with Crippen LogP contribution in [-0.2, 0) is 47.4 Å². The summed E-state index contributed by atoms with van der Waals surface area (Å²) in [4.78, 5) is 12.8. The second kappa shape index (κ2) is 15.6. The zero-order valence-electron chi connectivity index (χ0n) is 22.1. The zero-order valence-corrected chi connectivity index (χ0v) is 24.7. The summed E-state index contributed by atoms with van der Waals surface area (Å²) in [6, 6.07) is 1.67. The van der Waals surface area contributed by atoms with Gasteiger partial charge in [0.05, 0.1) is 45.6 Å². The Bertz CT molecular complexity index is 853. The molecule has 12 heteroatoms. The van der Waals surface area contributed by atoms with Crippen LogP contribution in [0.5, 0.6) is 0 Å². The number of carbonyl (C=O) groups is 1. The van der Waals surface area contributed by atoms with Gasteiger partial charge in [-0.25, -0.2) is 0 Å². The molecule has 0 aromatic carbocycles. The number of furan rings is 1. The van der Waals surface area contributed by atoms with Crippen LogP contribution in [0.4, 0.5) is 0 Å². The highest BCUT2D eigenvalue weighted by atomic mass is 32.2. The van der Waals surface area contributed by atoms with Crippen molar-refractivity contribution in [3.05, 3.63) is 23.2 Å². The minimum Gasteiger partial charge on any atom is -0.466 e. The molecule has 0 N–H and O–H groups in total. The Balaban J connectivity index is 3.72. The van der Waals surface area contributed by atoms with Gasteiger partial charge in [-0.3, -0.25) is 13.9 Å². The zero-order chi connectivity index (χ0) is 26.5. The standard InChI is InChI=1S/C23H42O9P2S/c1-8-14-15-35-23(17-22(24)27-9-2,34(26,30-12-5)31-13-6)21-16-20(19(7)32-21)18-33(25,28-10-3)29-11-4/h16H,8-15,17-18H2,1-7H3. The lowest BCUT2D eigenvalue weighted by Crippen LogP contribution is -2.29. The van der Waals surface area contributed by atoms with E-state index in [4.69, 9.17) is 27.2 Å². The van der Waals surface area contributed by atoms with Gasteiger partial charge >= 0.3 is 21.2 Å². The SMILES string of the molecule is CCCCSC(CC(=O)OCC)(c1cc(CP(=O)(OCC)OCC)c(C)o1)P(=O)(OCC)OCC. The molecular weight excluding hydrogens is 514 g/mol. The van der Waals surface area contributed by atoms with Crippen molar-refractivity contribution in [3.63, 3.8) is 0 Å². The Hall–Kier alpha value is -0.600. The summed E-state index contributed by atoms with van der Waals surface area (Å²) in [6.07, 6.45) is 1.44. The van der Waals surface area contributed by atoms with Gasteiger partial charge in [-0.05, 0) is 59.8 Å². The lowest BCUT2D eigenvalue weighted by molar-refractivity contribution is -0.143. The molecule has 0 bridgehead atoms.